The number of aryl methyl sites for hydroxylation is 2. The topological polar surface area (TPSA) is 74.7 Å². The zero-order valence-electron chi connectivity index (χ0n) is 13.5. The lowest BCUT2D eigenvalue weighted by molar-refractivity contribution is -0.137. The highest BCUT2D eigenvalue weighted by Crippen LogP contribution is 2.28. The van der Waals surface area contributed by atoms with Gasteiger partial charge in [-0.15, -0.1) is 0 Å². The zero-order valence-corrected chi connectivity index (χ0v) is 15.1. The molecule has 0 amide bonds. The molecular formula is C17H18ClNO4S. The smallest absolute Gasteiger partial charge is 0.327 e. The molecule has 0 aliphatic carbocycles. The number of carbonyl (C=O) groups is 1. The molecule has 24 heavy (non-hydrogen) atoms. The van der Waals surface area contributed by atoms with E-state index < -0.39 is 22.0 Å². The molecule has 0 aromatic heterocycles. The highest BCUT2D eigenvalue weighted by atomic mass is 35.5. The first-order valence-electron chi connectivity index (χ1n) is 7.24. The van der Waals surface area contributed by atoms with E-state index in [0.29, 0.717) is 10.7 Å². The zero-order chi connectivity index (χ0) is 18.1. The number of hydrogen-bond donors (Lipinski definition) is 1. The van der Waals surface area contributed by atoms with E-state index in [0.717, 1.165) is 15.4 Å². The Kier molecular flexibility index (Phi) is 5.20. The summed E-state index contributed by atoms with van der Waals surface area (Å²) in [7, 11) is -4.05. The van der Waals surface area contributed by atoms with Gasteiger partial charge in [0.15, 0.2) is 0 Å². The van der Waals surface area contributed by atoms with Crippen LogP contribution in [0.2, 0.25) is 5.02 Å². The Morgan fingerprint density at radius 3 is 2.04 bits per heavy atom. The molecule has 1 unspecified atom stereocenters. The molecule has 0 heterocycles. The van der Waals surface area contributed by atoms with Crippen LogP contribution in [0.5, 0.6) is 0 Å². The van der Waals surface area contributed by atoms with Crippen molar-refractivity contribution < 1.29 is 18.3 Å². The maximum absolute atomic E-state index is 13.0. The van der Waals surface area contributed by atoms with Crippen LogP contribution < -0.4 is 4.31 Å². The van der Waals surface area contributed by atoms with Crippen LogP contribution in [0.15, 0.2) is 47.4 Å². The number of nitrogens with zero attached hydrogens (tertiary/aromatic N) is 1. The first-order valence-corrected chi connectivity index (χ1v) is 9.06. The molecule has 0 saturated heterocycles. The standard InChI is InChI=1S/C17H18ClNO4S/c1-11-8-12(2)10-15(9-11)19(13(3)17(20)21)24(22,23)16-6-4-14(18)5-7-16/h4-10,13H,1-3H3,(H,20,21). The third-order valence-corrected chi connectivity index (χ3v) is 5.71. The van der Waals surface area contributed by atoms with E-state index >= 15 is 0 Å². The Hall–Kier alpha value is -2.05. The highest BCUT2D eigenvalue weighted by molar-refractivity contribution is 7.92. The molecular weight excluding hydrogens is 350 g/mol. The molecule has 1 atom stereocenters. The minimum atomic E-state index is -4.05. The van der Waals surface area contributed by atoms with Crippen molar-refractivity contribution in [2.45, 2.75) is 31.7 Å². The molecule has 0 bridgehead atoms. The molecule has 5 nitrogen and oxygen atoms in total. The normalized spacial score (nSPS) is 12.7. The third-order valence-electron chi connectivity index (χ3n) is 3.54. The van der Waals surface area contributed by atoms with Crippen molar-refractivity contribution in [1.82, 2.24) is 0 Å². The second kappa shape index (κ2) is 6.83. The Morgan fingerprint density at radius 1 is 1.08 bits per heavy atom. The van der Waals surface area contributed by atoms with Gasteiger partial charge in [-0.2, -0.15) is 0 Å². The van der Waals surface area contributed by atoms with Crippen molar-refractivity contribution in [3.63, 3.8) is 0 Å². The summed E-state index contributed by atoms with van der Waals surface area (Å²) in [5.41, 5.74) is 2.01. The molecule has 7 heteroatoms. The summed E-state index contributed by atoms with van der Waals surface area (Å²) >= 11 is 5.81. The maximum Gasteiger partial charge on any atom is 0.327 e. The summed E-state index contributed by atoms with van der Waals surface area (Å²) in [6.45, 7) is 5.00. The highest BCUT2D eigenvalue weighted by Gasteiger charge is 2.33. The van der Waals surface area contributed by atoms with Gasteiger partial charge in [0.1, 0.15) is 6.04 Å². The average molecular weight is 368 g/mol. The fourth-order valence-electron chi connectivity index (χ4n) is 2.47. The summed E-state index contributed by atoms with van der Waals surface area (Å²) in [6.07, 6.45) is 0. The average Bonchev–Trinajstić information content (AvgIpc) is 2.46. The van der Waals surface area contributed by atoms with Gasteiger partial charge in [0.2, 0.25) is 0 Å². The quantitative estimate of drug-likeness (QED) is 0.875. The molecule has 0 aliphatic heterocycles. The van der Waals surface area contributed by atoms with Crippen molar-refractivity contribution in [2.75, 3.05) is 4.31 Å². The SMILES string of the molecule is Cc1cc(C)cc(N(C(C)C(=O)O)S(=O)(=O)c2ccc(Cl)cc2)c1. The van der Waals surface area contributed by atoms with Gasteiger partial charge in [0.25, 0.3) is 10.0 Å². The summed E-state index contributed by atoms with van der Waals surface area (Å²) in [5, 5.41) is 9.78. The fourth-order valence-corrected chi connectivity index (χ4v) is 4.19. The predicted molar refractivity (Wildman–Crippen MR) is 94.1 cm³/mol. The fraction of sp³-hybridized carbons (Fsp3) is 0.235. The minimum Gasteiger partial charge on any atom is -0.480 e. The van der Waals surface area contributed by atoms with E-state index in [2.05, 4.69) is 0 Å². The number of benzene rings is 2. The Labute approximate surface area is 146 Å². The summed E-state index contributed by atoms with van der Waals surface area (Å²) in [4.78, 5) is 11.5. The van der Waals surface area contributed by atoms with E-state index in [4.69, 9.17) is 11.6 Å². The molecule has 0 fully saturated rings. The molecule has 2 rings (SSSR count). The van der Waals surface area contributed by atoms with Crippen LogP contribution in [0.25, 0.3) is 0 Å². The Morgan fingerprint density at radius 2 is 1.58 bits per heavy atom. The van der Waals surface area contributed by atoms with Gasteiger partial charge in [-0.3, -0.25) is 4.31 Å². The molecule has 0 spiro atoms. The van der Waals surface area contributed by atoms with E-state index in [1.807, 2.05) is 19.9 Å². The van der Waals surface area contributed by atoms with E-state index in [1.165, 1.54) is 31.2 Å². The molecule has 0 radical (unpaired) electrons. The predicted octanol–water partition coefficient (Wildman–Crippen LogP) is 3.63. The van der Waals surface area contributed by atoms with Crippen LogP contribution in [0.1, 0.15) is 18.1 Å². The van der Waals surface area contributed by atoms with Crippen molar-refractivity contribution in [2.24, 2.45) is 0 Å². The van der Waals surface area contributed by atoms with Crippen LogP contribution in [0, 0.1) is 13.8 Å². The molecule has 0 saturated carbocycles. The van der Waals surface area contributed by atoms with E-state index in [-0.39, 0.29) is 4.90 Å². The number of hydrogen-bond acceptors (Lipinski definition) is 3. The number of rotatable bonds is 5. The number of carboxylic acid groups (broad SMARTS) is 1. The van der Waals surface area contributed by atoms with Crippen molar-refractivity contribution in [1.29, 1.82) is 0 Å². The van der Waals surface area contributed by atoms with Gasteiger partial charge in [-0.1, -0.05) is 17.7 Å². The van der Waals surface area contributed by atoms with Gasteiger partial charge in [-0.25, -0.2) is 13.2 Å². The molecule has 2 aromatic rings. The Balaban J connectivity index is 2.66. The third kappa shape index (κ3) is 3.71. The van der Waals surface area contributed by atoms with Crippen molar-refractivity contribution in [3.8, 4) is 0 Å². The molecule has 2 aromatic carbocycles. The second-order valence-corrected chi connectivity index (χ2v) is 7.87. The van der Waals surface area contributed by atoms with Crippen LogP contribution >= 0.6 is 11.6 Å². The van der Waals surface area contributed by atoms with Gasteiger partial charge in [0, 0.05) is 5.02 Å². The second-order valence-electron chi connectivity index (χ2n) is 5.61. The maximum atomic E-state index is 13.0. The lowest BCUT2D eigenvalue weighted by Crippen LogP contribution is -2.43. The van der Waals surface area contributed by atoms with Gasteiger partial charge in [0.05, 0.1) is 10.6 Å². The summed E-state index contributed by atoms with van der Waals surface area (Å²) < 4.78 is 27.0. The largest absolute Gasteiger partial charge is 0.480 e. The van der Waals surface area contributed by atoms with Crippen LogP contribution in [-0.2, 0) is 14.8 Å². The van der Waals surface area contributed by atoms with E-state index in [9.17, 15) is 18.3 Å². The number of sulfonamides is 1. The lowest BCUT2D eigenvalue weighted by Gasteiger charge is -2.28. The Bertz CT molecular complexity index is 842. The number of carboxylic acids is 1. The molecule has 1 N–H and O–H groups in total. The van der Waals surface area contributed by atoms with Crippen LogP contribution in [0.4, 0.5) is 5.69 Å². The first kappa shape index (κ1) is 18.3. The van der Waals surface area contributed by atoms with Gasteiger partial charge >= 0.3 is 5.97 Å². The number of aliphatic carboxylic acids is 1. The summed E-state index contributed by atoms with van der Waals surface area (Å²) in [6, 6.07) is 9.58. The van der Waals surface area contributed by atoms with Crippen molar-refractivity contribution >= 4 is 33.3 Å². The van der Waals surface area contributed by atoms with Crippen LogP contribution in [0.3, 0.4) is 0 Å². The molecule has 0 aliphatic rings. The van der Waals surface area contributed by atoms with E-state index in [1.54, 1.807) is 12.1 Å². The molecule has 128 valence electrons. The number of anilines is 1. The monoisotopic (exact) mass is 367 g/mol. The van der Waals surface area contributed by atoms with Gasteiger partial charge in [-0.05, 0) is 68.3 Å². The lowest BCUT2D eigenvalue weighted by atomic mass is 10.1. The number of halogens is 1. The minimum absolute atomic E-state index is 0.0147. The van der Waals surface area contributed by atoms with Crippen LogP contribution in [-0.4, -0.2) is 25.5 Å². The summed E-state index contributed by atoms with van der Waals surface area (Å²) in [5.74, 6) is -1.23. The van der Waals surface area contributed by atoms with Gasteiger partial charge < -0.3 is 5.11 Å². The van der Waals surface area contributed by atoms with Crippen molar-refractivity contribution in [3.05, 3.63) is 58.6 Å². The first-order chi connectivity index (χ1) is 11.1.